The lowest BCUT2D eigenvalue weighted by Crippen LogP contribution is -2.57. The zero-order chi connectivity index (χ0) is 23.4. The van der Waals surface area contributed by atoms with E-state index in [2.05, 4.69) is 11.9 Å². The molecule has 8 heteroatoms. The first kappa shape index (κ1) is 23.5. The number of nitrogens with one attached hydrogen (secondary N) is 1. The molecule has 1 aliphatic carbocycles. The molecule has 2 aliphatic heterocycles. The van der Waals surface area contributed by atoms with E-state index in [1.807, 2.05) is 24.3 Å². The molecule has 1 saturated heterocycles. The third-order valence-electron chi connectivity index (χ3n) is 6.54. The molecule has 178 valence electrons. The van der Waals surface area contributed by atoms with Crippen LogP contribution in [0.3, 0.4) is 0 Å². The topological polar surface area (TPSA) is 108 Å². The van der Waals surface area contributed by atoms with Crippen molar-refractivity contribution < 1.29 is 29.3 Å². The molecule has 0 aromatic heterocycles. The number of nitrogens with zero attached hydrogens (tertiary/aromatic N) is 1. The maximum Gasteiger partial charge on any atom is 0.247 e. The van der Waals surface area contributed by atoms with Crippen molar-refractivity contribution >= 4 is 11.8 Å². The van der Waals surface area contributed by atoms with Gasteiger partial charge in [0.2, 0.25) is 11.8 Å². The minimum atomic E-state index is -1.02. The zero-order valence-electron chi connectivity index (χ0n) is 18.7. The van der Waals surface area contributed by atoms with Gasteiger partial charge in [-0.2, -0.15) is 0 Å². The Morgan fingerprint density at radius 3 is 2.85 bits per heavy atom. The number of hydrogen-bond donors (Lipinski definition) is 3. The van der Waals surface area contributed by atoms with E-state index in [0.29, 0.717) is 30.9 Å². The van der Waals surface area contributed by atoms with Crippen LogP contribution >= 0.6 is 0 Å². The lowest BCUT2D eigenvalue weighted by molar-refractivity contribution is -0.139. The molecule has 1 aromatic carbocycles. The van der Waals surface area contributed by atoms with Gasteiger partial charge in [-0.3, -0.25) is 9.59 Å². The van der Waals surface area contributed by atoms with Gasteiger partial charge in [-0.25, -0.2) is 0 Å². The highest BCUT2D eigenvalue weighted by atomic mass is 16.5. The van der Waals surface area contributed by atoms with Crippen molar-refractivity contribution in [3.05, 3.63) is 54.1 Å². The van der Waals surface area contributed by atoms with E-state index in [0.717, 1.165) is 18.4 Å². The molecule has 3 aliphatic rings. The Balaban J connectivity index is 1.70. The first-order valence-corrected chi connectivity index (χ1v) is 11.6. The normalized spacial score (nSPS) is 27.7. The number of fused-ring (bicyclic) bond motifs is 3. The summed E-state index contributed by atoms with van der Waals surface area (Å²) in [5, 5.41) is 23.3. The molecule has 0 saturated carbocycles. The van der Waals surface area contributed by atoms with Crippen molar-refractivity contribution in [1.82, 2.24) is 10.2 Å². The maximum absolute atomic E-state index is 13.2. The summed E-state index contributed by atoms with van der Waals surface area (Å²) in [5.74, 6) is -0.308. The van der Waals surface area contributed by atoms with E-state index in [4.69, 9.17) is 9.47 Å². The Morgan fingerprint density at radius 2 is 2.12 bits per heavy atom. The lowest BCUT2D eigenvalue weighted by atomic mass is 9.77. The Morgan fingerprint density at radius 1 is 1.30 bits per heavy atom. The molecular weight excluding hydrogens is 424 g/mol. The smallest absolute Gasteiger partial charge is 0.247 e. The number of rotatable bonds is 9. The van der Waals surface area contributed by atoms with E-state index >= 15 is 0 Å². The molecule has 1 aromatic rings. The summed E-state index contributed by atoms with van der Waals surface area (Å²) in [6.07, 6.45) is 4.11. The van der Waals surface area contributed by atoms with Gasteiger partial charge in [-0.05, 0) is 31.4 Å². The van der Waals surface area contributed by atoms with Gasteiger partial charge in [0, 0.05) is 37.3 Å². The van der Waals surface area contributed by atoms with Crippen LogP contribution < -0.4 is 10.1 Å². The van der Waals surface area contributed by atoms with Crippen molar-refractivity contribution in [2.75, 3.05) is 26.3 Å². The summed E-state index contributed by atoms with van der Waals surface area (Å²) < 4.78 is 11.9. The summed E-state index contributed by atoms with van der Waals surface area (Å²) in [7, 11) is 0. The Labute approximate surface area is 193 Å². The standard InChI is InChI=1S/C25H32N2O6/c1-2-3-10-21(29)27(15-16-7-6-13-32-16)19-14-18(25(31)26-11-12-28)22-17-8-4-5-9-20(17)33-24(22)23(19)30/h2,4-5,8-9,14,16,19,22-24,28,30H,1,3,6-7,10-13,15H2,(H,26,31). The summed E-state index contributed by atoms with van der Waals surface area (Å²) in [4.78, 5) is 27.9. The fraction of sp³-hybridized carbons (Fsp3) is 0.520. The van der Waals surface area contributed by atoms with Gasteiger partial charge >= 0.3 is 0 Å². The van der Waals surface area contributed by atoms with Crippen molar-refractivity contribution in [3.8, 4) is 5.75 Å². The number of hydrogen-bond acceptors (Lipinski definition) is 6. The number of benzene rings is 1. The molecule has 2 amide bonds. The third kappa shape index (κ3) is 4.83. The quantitative estimate of drug-likeness (QED) is 0.483. The number of allylic oxidation sites excluding steroid dienone is 1. The Bertz CT molecular complexity index is 910. The SMILES string of the molecule is C=CCCC(=O)N(CC1CCCO1)C1C=C(C(=O)NCCO)C2c3ccccc3OC2C1O. The van der Waals surface area contributed by atoms with Gasteiger partial charge in [-0.15, -0.1) is 6.58 Å². The molecule has 0 radical (unpaired) electrons. The number of para-hydroxylation sites is 1. The average Bonchev–Trinajstić information content (AvgIpc) is 3.48. The maximum atomic E-state index is 13.2. The number of aliphatic hydroxyl groups excluding tert-OH is 2. The van der Waals surface area contributed by atoms with Gasteiger partial charge in [0.05, 0.1) is 24.7 Å². The van der Waals surface area contributed by atoms with Crippen LogP contribution in [0.25, 0.3) is 0 Å². The minimum absolute atomic E-state index is 0.107. The van der Waals surface area contributed by atoms with Crippen molar-refractivity contribution in [2.24, 2.45) is 0 Å². The van der Waals surface area contributed by atoms with Crippen LogP contribution in [0.2, 0.25) is 0 Å². The molecule has 0 spiro atoms. The minimum Gasteiger partial charge on any atom is -0.486 e. The Kier molecular flexibility index (Phi) is 7.47. The first-order chi connectivity index (χ1) is 16.0. The van der Waals surface area contributed by atoms with Crippen molar-refractivity contribution in [3.63, 3.8) is 0 Å². The molecule has 3 N–H and O–H groups in total. The monoisotopic (exact) mass is 456 g/mol. The van der Waals surface area contributed by atoms with E-state index in [9.17, 15) is 19.8 Å². The van der Waals surface area contributed by atoms with E-state index in [1.165, 1.54) is 0 Å². The molecule has 1 fully saturated rings. The molecule has 4 rings (SSSR count). The number of ether oxygens (including phenoxy) is 2. The molecule has 33 heavy (non-hydrogen) atoms. The average molecular weight is 457 g/mol. The second-order valence-corrected chi connectivity index (χ2v) is 8.69. The van der Waals surface area contributed by atoms with Gasteiger partial charge < -0.3 is 29.9 Å². The largest absolute Gasteiger partial charge is 0.486 e. The number of carbonyl (C=O) groups is 2. The van der Waals surface area contributed by atoms with Crippen molar-refractivity contribution in [1.29, 1.82) is 0 Å². The lowest BCUT2D eigenvalue weighted by Gasteiger charge is -2.41. The van der Waals surface area contributed by atoms with Crippen LogP contribution in [0.5, 0.6) is 5.75 Å². The van der Waals surface area contributed by atoms with E-state index < -0.39 is 24.2 Å². The highest BCUT2D eigenvalue weighted by molar-refractivity contribution is 5.96. The second kappa shape index (κ2) is 10.5. The Hall–Kier alpha value is -2.68. The van der Waals surface area contributed by atoms with E-state index in [1.54, 1.807) is 17.1 Å². The predicted octanol–water partition coefficient (Wildman–Crippen LogP) is 1.28. The van der Waals surface area contributed by atoms with Gasteiger partial charge in [0.15, 0.2) is 0 Å². The van der Waals surface area contributed by atoms with Crippen LogP contribution in [-0.4, -0.2) is 77.6 Å². The summed E-state index contributed by atoms with van der Waals surface area (Å²) in [5.41, 5.74) is 1.26. The molecular formula is C25H32N2O6. The fourth-order valence-corrected chi connectivity index (χ4v) is 4.96. The van der Waals surface area contributed by atoms with Crippen LogP contribution in [0.15, 0.2) is 48.6 Å². The summed E-state index contributed by atoms with van der Waals surface area (Å²) in [6.45, 7) is 4.62. The summed E-state index contributed by atoms with van der Waals surface area (Å²) >= 11 is 0. The third-order valence-corrected chi connectivity index (χ3v) is 6.54. The number of amides is 2. The van der Waals surface area contributed by atoms with Crippen LogP contribution in [0, 0.1) is 0 Å². The highest BCUT2D eigenvalue weighted by Gasteiger charge is 2.50. The molecule has 5 unspecified atom stereocenters. The fourth-order valence-electron chi connectivity index (χ4n) is 4.96. The molecule has 5 atom stereocenters. The van der Waals surface area contributed by atoms with Gasteiger partial charge in [0.1, 0.15) is 18.0 Å². The second-order valence-electron chi connectivity index (χ2n) is 8.69. The van der Waals surface area contributed by atoms with Crippen LogP contribution in [-0.2, 0) is 14.3 Å². The predicted molar refractivity (Wildman–Crippen MR) is 122 cm³/mol. The van der Waals surface area contributed by atoms with Crippen LogP contribution in [0.4, 0.5) is 0 Å². The number of aliphatic hydroxyl groups is 2. The summed E-state index contributed by atoms with van der Waals surface area (Å²) in [6, 6.07) is 6.68. The molecule has 2 heterocycles. The van der Waals surface area contributed by atoms with E-state index in [-0.39, 0.29) is 37.5 Å². The molecule has 0 bridgehead atoms. The van der Waals surface area contributed by atoms with Crippen LogP contribution in [0.1, 0.15) is 37.2 Å². The molecule has 8 nitrogen and oxygen atoms in total. The number of carbonyl (C=O) groups excluding carboxylic acids is 2. The van der Waals surface area contributed by atoms with Gasteiger partial charge in [-0.1, -0.05) is 24.3 Å². The highest BCUT2D eigenvalue weighted by Crippen LogP contribution is 2.47. The first-order valence-electron chi connectivity index (χ1n) is 11.6. The van der Waals surface area contributed by atoms with Crippen molar-refractivity contribution in [2.45, 2.75) is 56.0 Å². The van der Waals surface area contributed by atoms with Gasteiger partial charge in [0.25, 0.3) is 0 Å². The zero-order valence-corrected chi connectivity index (χ0v) is 18.7.